The molecular weight excluding hydrogens is 130 g/mol. The maximum absolute atomic E-state index is 4.16. The Morgan fingerprint density at radius 1 is 1.22 bits per heavy atom. The first-order valence-corrected chi connectivity index (χ1v) is 3.59. The molecule has 44 valence electrons. The van der Waals surface area contributed by atoms with Crippen LogP contribution >= 0.6 is 11.5 Å². The van der Waals surface area contributed by atoms with Crippen molar-refractivity contribution in [1.29, 1.82) is 0 Å². The third kappa shape index (κ3) is 0.715. The first kappa shape index (κ1) is 4.94. The number of fused-ring (bicyclic) bond motifs is 1. The third-order valence-electron chi connectivity index (χ3n) is 1.27. The second-order valence-electron chi connectivity index (χ2n) is 1.87. The van der Waals surface area contributed by atoms with Crippen LogP contribution in [-0.4, -0.2) is 4.37 Å². The number of aromatic nitrogens is 1. The van der Waals surface area contributed by atoms with Crippen molar-refractivity contribution >= 4 is 22.4 Å². The summed E-state index contributed by atoms with van der Waals surface area (Å²) in [6, 6.07) is 8.11. The molecule has 0 aliphatic rings. The molecule has 1 aromatic heterocycles. The fourth-order valence-corrected chi connectivity index (χ4v) is 1.46. The first-order chi connectivity index (χ1) is 4.47. The molecule has 1 nitrogen and oxygen atoms in total. The van der Waals surface area contributed by atoms with E-state index in [0.717, 1.165) is 5.52 Å². The Morgan fingerprint density at radius 2 is 2.11 bits per heavy atom. The molecule has 0 bridgehead atoms. The minimum atomic E-state index is 1.10. The van der Waals surface area contributed by atoms with Crippen molar-refractivity contribution in [2.45, 2.75) is 0 Å². The number of hydrogen-bond acceptors (Lipinski definition) is 2. The third-order valence-corrected chi connectivity index (χ3v) is 1.93. The molecule has 2 rings (SSSR count). The summed E-state index contributed by atoms with van der Waals surface area (Å²) in [6.45, 7) is 0. The fraction of sp³-hybridized carbons (Fsp3) is 0. The van der Waals surface area contributed by atoms with Crippen LogP contribution in [0.15, 0.2) is 29.6 Å². The summed E-state index contributed by atoms with van der Waals surface area (Å²) in [7, 11) is 0. The molecule has 0 unspecified atom stereocenters. The van der Waals surface area contributed by atoms with Crippen LogP contribution in [0.4, 0.5) is 0 Å². The summed E-state index contributed by atoms with van der Waals surface area (Å²) in [5.41, 5.74) is 1.10. The molecule has 2 aromatic rings. The lowest BCUT2D eigenvalue weighted by atomic mass is 10.3. The van der Waals surface area contributed by atoms with Crippen molar-refractivity contribution in [3.05, 3.63) is 29.6 Å². The summed E-state index contributed by atoms with van der Waals surface area (Å²) in [5, 5.41) is 3.29. The van der Waals surface area contributed by atoms with Gasteiger partial charge in [-0.2, -0.15) is 4.37 Å². The van der Waals surface area contributed by atoms with E-state index < -0.39 is 0 Å². The molecule has 0 saturated heterocycles. The van der Waals surface area contributed by atoms with E-state index in [1.54, 1.807) is 0 Å². The van der Waals surface area contributed by atoms with Crippen molar-refractivity contribution in [2.24, 2.45) is 0 Å². The fourth-order valence-electron chi connectivity index (χ4n) is 0.810. The van der Waals surface area contributed by atoms with Gasteiger partial charge in [-0.15, -0.1) is 0 Å². The van der Waals surface area contributed by atoms with Crippen LogP contribution < -0.4 is 0 Å². The van der Waals surface area contributed by atoms with E-state index >= 15 is 0 Å². The second kappa shape index (κ2) is 1.81. The van der Waals surface area contributed by atoms with E-state index in [-0.39, 0.29) is 0 Å². The number of nitrogens with zero attached hydrogens (tertiary/aromatic N) is 1. The van der Waals surface area contributed by atoms with E-state index in [4.69, 9.17) is 0 Å². The van der Waals surface area contributed by atoms with Crippen molar-refractivity contribution < 1.29 is 0 Å². The van der Waals surface area contributed by atoms with Crippen LogP contribution in [0, 0.1) is 0 Å². The van der Waals surface area contributed by atoms with E-state index in [1.807, 2.05) is 18.2 Å². The Bertz CT molecular complexity index is 283. The predicted molar refractivity (Wildman–Crippen MR) is 39.6 cm³/mol. The molecule has 0 fully saturated rings. The average molecular weight is 135 g/mol. The minimum Gasteiger partial charge on any atom is -0.193 e. The Balaban J connectivity index is 2.95. The molecule has 9 heavy (non-hydrogen) atoms. The molecule has 0 radical (unpaired) electrons. The molecule has 2 heteroatoms. The van der Waals surface area contributed by atoms with Crippen LogP contribution in [-0.2, 0) is 0 Å². The highest BCUT2D eigenvalue weighted by atomic mass is 32.1. The highest BCUT2D eigenvalue weighted by molar-refractivity contribution is 7.04. The number of rotatable bonds is 0. The Hall–Kier alpha value is -0.890. The maximum atomic E-state index is 4.16. The summed E-state index contributed by atoms with van der Waals surface area (Å²) in [5.74, 6) is 0. The summed E-state index contributed by atoms with van der Waals surface area (Å²) < 4.78 is 4.16. The van der Waals surface area contributed by atoms with Crippen molar-refractivity contribution in [3.8, 4) is 0 Å². The van der Waals surface area contributed by atoms with E-state index in [1.165, 1.54) is 16.9 Å². The highest BCUT2D eigenvalue weighted by Gasteiger charge is 1.89. The molecule has 0 saturated carbocycles. The lowest BCUT2D eigenvalue weighted by Gasteiger charge is -1.80. The Labute approximate surface area is 57.1 Å². The van der Waals surface area contributed by atoms with Crippen LogP contribution in [0.25, 0.3) is 10.9 Å². The average Bonchev–Trinajstić information content (AvgIpc) is 2.33. The largest absolute Gasteiger partial charge is 0.193 e. The molecule has 1 heterocycles. The lowest BCUT2D eigenvalue weighted by molar-refractivity contribution is 1.67. The molecule has 0 amide bonds. The smallest absolute Gasteiger partial charge is 0.0840 e. The van der Waals surface area contributed by atoms with E-state index in [9.17, 15) is 0 Å². The summed E-state index contributed by atoms with van der Waals surface area (Å²) in [4.78, 5) is 0. The van der Waals surface area contributed by atoms with Gasteiger partial charge < -0.3 is 0 Å². The van der Waals surface area contributed by atoms with Gasteiger partial charge in [0.25, 0.3) is 0 Å². The van der Waals surface area contributed by atoms with Gasteiger partial charge in [-0.3, -0.25) is 0 Å². The van der Waals surface area contributed by atoms with E-state index in [0.29, 0.717) is 0 Å². The van der Waals surface area contributed by atoms with Crippen LogP contribution in [0.3, 0.4) is 0 Å². The molecule has 1 aromatic carbocycles. The number of benzene rings is 1. The zero-order chi connectivity index (χ0) is 6.10. The van der Waals surface area contributed by atoms with Crippen molar-refractivity contribution in [1.82, 2.24) is 4.37 Å². The van der Waals surface area contributed by atoms with Crippen molar-refractivity contribution in [3.63, 3.8) is 0 Å². The zero-order valence-corrected chi connectivity index (χ0v) is 5.56. The van der Waals surface area contributed by atoms with Crippen LogP contribution in [0.5, 0.6) is 0 Å². The standard InChI is InChI=1S/C7H5NS/c1-2-4-7-6(3-1)5-9-8-7/h1-5H. The topological polar surface area (TPSA) is 12.9 Å². The predicted octanol–water partition coefficient (Wildman–Crippen LogP) is 2.30. The highest BCUT2D eigenvalue weighted by Crippen LogP contribution is 2.12. The summed E-state index contributed by atoms with van der Waals surface area (Å²) >= 11 is 1.50. The maximum Gasteiger partial charge on any atom is 0.0840 e. The van der Waals surface area contributed by atoms with Gasteiger partial charge in [0.2, 0.25) is 0 Å². The van der Waals surface area contributed by atoms with Gasteiger partial charge in [0.15, 0.2) is 0 Å². The van der Waals surface area contributed by atoms with Gasteiger partial charge in [-0.25, -0.2) is 0 Å². The normalized spacial score (nSPS) is 10.2. The van der Waals surface area contributed by atoms with Gasteiger partial charge in [0.1, 0.15) is 0 Å². The van der Waals surface area contributed by atoms with Crippen LogP contribution in [0.2, 0.25) is 0 Å². The Morgan fingerprint density at radius 3 is 3.00 bits per heavy atom. The number of hydrogen-bond donors (Lipinski definition) is 0. The molecule has 0 atom stereocenters. The monoisotopic (exact) mass is 135 g/mol. The van der Waals surface area contributed by atoms with E-state index in [2.05, 4.69) is 15.8 Å². The van der Waals surface area contributed by atoms with Crippen molar-refractivity contribution in [2.75, 3.05) is 0 Å². The van der Waals surface area contributed by atoms with Crippen LogP contribution in [0.1, 0.15) is 0 Å². The minimum absolute atomic E-state index is 1.10. The van der Waals surface area contributed by atoms with Gasteiger partial charge in [-0.1, -0.05) is 18.2 Å². The first-order valence-electron chi connectivity index (χ1n) is 2.76. The quantitative estimate of drug-likeness (QED) is 0.540. The molecule has 0 aliphatic carbocycles. The Kier molecular flexibility index (Phi) is 0.993. The zero-order valence-electron chi connectivity index (χ0n) is 4.74. The molecule has 0 N–H and O–H groups in total. The van der Waals surface area contributed by atoms with Gasteiger partial charge in [-0.05, 0) is 17.6 Å². The van der Waals surface area contributed by atoms with Gasteiger partial charge >= 0.3 is 0 Å². The molecule has 0 spiro atoms. The molecule has 0 aliphatic heterocycles. The summed E-state index contributed by atoms with van der Waals surface area (Å²) in [6.07, 6.45) is 0. The van der Waals surface area contributed by atoms with Gasteiger partial charge in [0.05, 0.1) is 5.52 Å². The molecular formula is C7H5NS. The lowest BCUT2D eigenvalue weighted by Crippen LogP contribution is -1.61. The second-order valence-corrected chi connectivity index (χ2v) is 2.50. The van der Waals surface area contributed by atoms with Gasteiger partial charge in [0, 0.05) is 10.8 Å². The SMILES string of the molecule is c1ccc2nscc2c1.